The van der Waals surface area contributed by atoms with Crippen LogP contribution in [0.4, 0.5) is 13.2 Å². The van der Waals surface area contributed by atoms with Crippen LogP contribution in [0.3, 0.4) is 0 Å². The predicted octanol–water partition coefficient (Wildman–Crippen LogP) is 4.38. The Labute approximate surface area is 148 Å². The summed E-state index contributed by atoms with van der Waals surface area (Å²) in [5.41, 5.74) is 0.695. The average molecular weight is 360 g/mol. The Morgan fingerprint density at radius 2 is 1.69 bits per heavy atom. The molecule has 6 heteroatoms. The van der Waals surface area contributed by atoms with Crippen molar-refractivity contribution in [3.8, 4) is 0 Å². The number of hydrogen-bond donors (Lipinski definition) is 2. The molecule has 0 amide bonds. The lowest BCUT2D eigenvalue weighted by Crippen LogP contribution is -2.10. The first-order valence-electron chi connectivity index (χ1n) is 8.14. The van der Waals surface area contributed by atoms with Crippen molar-refractivity contribution in [1.29, 1.82) is 0 Å². The second-order valence-corrected chi connectivity index (χ2v) is 6.21. The second kappa shape index (κ2) is 7.33. The van der Waals surface area contributed by atoms with Crippen LogP contribution in [0.5, 0.6) is 0 Å². The molecule has 0 aliphatic carbocycles. The number of H-pyrrole nitrogens is 1. The van der Waals surface area contributed by atoms with Gasteiger partial charge in [0.1, 0.15) is 5.82 Å². The number of halogens is 3. The summed E-state index contributed by atoms with van der Waals surface area (Å²) in [6.45, 7) is 1.83. The summed E-state index contributed by atoms with van der Waals surface area (Å²) in [5.74, 6) is -2.73. The van der Waals surface area contributed by atoms with Crippen molar-refractivity contribution >= 4 is 10.8 Å². The Balaban J connectivity index is 1.82. The summed E-state index contributed by atoms with van der Waals surface area (Å²) < 4.78 is 40.0. The van der Waals surface area contributed by atoms with Gasteiger partial charge in [-0.25, -0.2) is 13.2 Å². The summed E-state index contributed by atoms with van der Waals surface area (Å²) in [4.78, 5) is 14.4. The number of hydrogen-bond acceptors (Lipinski definition) is 2. The van der Waals surface area contributed by atoms with E-state index in [4.69, 9.17) is 0 Å². The van der Waals surface area contributed by atoms with E-state index in [9.17, 15) is 23.1 Å². The molecule has 2 aromatic carbocycles. The molecular formula is C20H17F3NO2. The highest BCUT2D eigenvalue weighted by atomic mass is 19.2. The van der Waals surface area contributed by atoms with E-state index in [1.807, 2.05) is 13.3 Å². The van der Waals surface area contributed by atoms with Gasteiger partial charge in [-0.3, -0.25) is 4.79 Å². The molecule has 0 saturated carbocycles. The van der Waals surface area contributed by atoms with E-state index in [0.29, 0.717) is 16.5 Å². The number of nitrogens with one attached hydrogen (secondary N) is 1. The number of aromatic amines is 1. The molecule has 0 aliphatic heterocycles. The molecule has 2 atom stereocenters. The Hall–Kier alpha value is -2.60. The van der Waals surface area contributed by atoms with Gasteiger partial charge >= 0.3 is 0 Å². The zero-order valence-corrected chi connectivity index (χ0v) is 14.0. The van der Waals surface area contributed by atoms with Crippen molar-refractivity contribution in [2.24, 2.45) is 0 Å². The topological polar surface area (TPSA) is 53.1 Å². The average Bonchev–Trinajstić information content (AvgIpc) is 2.62. The Morgan fingerprint density at radius 1 is 1.08 bits per heavy atom. The molecule has 1 radical (unpaired) electrons. The van der Waals surface area contributed by atoms with Crippen molar-refractivity contribution < 1.29 is 18.3 Å². The van der Waals surface area contributed by atoms with Crippen LogP contribution in [-0.4, -0.2) is 10.1 Å². The van der Waals surface area contributed by atoms with Crippen molar-refractivity contribution in [3.63, 3.8) is 0 Å². The molecule has 0 bridgehead atoms. The van der Waals surface area contributed by atoms with Crippen LogP contribution >= 0.6 is 0 Å². The molecule has 0 saturated heterocycles. The highest BCUT2D eigenvalue weighted by molar-refractivity contribution is 5.85. The second-order valence-electron chi connectivity index (χ2n) is 6.21. The maximum atomic E-state index is 13.6. The third-order valence-corrected chi connectivity index (χ3v) is 4.43. The zero-order chi connectivity index (χ0) is 18.8. The van der Waals surface area contributed by atoms with Crippen LogP contribution in [0.15, 0.2) is 47.4 Å². The van der Waals surface area contributed by atoms with E-state index in [0.717, 1.165) is 12.1 Å². The molecule has 1 aromatic heterocycles. The monoisotopic (exact) mass is 360 g/mol. The van der Waals surface area contributed by atoms with Gasteiger partial charge in [-0.05, 0) is 59.5 Å². The van der Waals surface area contributed by atoms with E-state index >= 15 is 0 Å². The molecule has 0 aliphatic rings. The summed E-state index contributed by atoms with van der Waals surface area (Å²) >= 11 is 0. The Kier molecular flexibility index (Phi) is 5.13. The molecule has 3 aromatic rings. The van der Waals surface area contributed by atoms with Crippen molar-refractivity contribution in [2.75, 3.05) is 0 Å². The van der Waals surface area contributed by atoms with Crippen molar-refractivity contribution in [3.05, 3.63) is 87.9 Å². The lowest BCUT2D eigenvalue weighted by molar-refractivity contribution is 0.175. The first kappa shape index (κ1) is 18.2. The van der Waals surface area contributed by atoms with E-state index in [1.54, 1.807) is 0 Å². The molecule has 135 valence electrons. The van der Waals surface area contributed by atoms with Gasteiger partial charge in [0, 0.05) is 6.20 Å². The molecule has 0 fully saturated rings. The van der Waals surface area contributed by atoms with Crippen molar-refractivity contribution in [2.45, 2.75) is 25.4 Å². The maximum absolute atomic E-state index is 13.6. The quantitative estimate of drug-likeness (QED) is 0.710. The number of fused-ring (bicyclic) bond motifs is 1. The Bertz CT molecular complexity index is 983. The lowest BCUT2D eigenvalue weighted by atomic mass is 9.91. The van der Waals surface area contributed by atoms with E-state index in [1.165, 1.54) is 30.5 Å². The SMILES string of the molecule is CC([CH]CC(O)c1ccc(F)cc1)c1c[nH]c(=O)c2cc(F)c(F)cc12. The van der Waals surface area contributed by atoms with Crippen molar-refractivity contribution in [1.82, 2.24) is 4.98 Å². The minimum Gasteiger partial charge on any atom is -0.388 e. The van der Waals surface area contributed by atoms with Crippen LogP contribution in [0.25, 0.3) is 10.8 Å². The van der Waals surface area contributed by atoms with Gasteiger partial charge in [0.2, 0.25) is 0 Å². The predicted molar refractivity (Wildman–Crippen MR) is 93.2 cm³/mol. The zero-order valence-electron chi connectivity index (χ0n) is 14.0. The molecule has 2 N–H and O–H groups in total. The largest absolute Gasteiger partial charge is 0.388 e. The van der Waals surface area contributed by atoms with Crippen LogP contribution in [-0.2, 0) is 0 Å². The van der Waals surface area contributed by atoms with Gasteiger partial charge in [-0.15, -0.1) is 0 Å². The summed E-state index contributed by atoms with van der Waals surface area (Å²) in [6.07, 6.45) is 2.73. The lowest BCUT2D eigenvalue weighted by Gasteiger charge is -2.17. The van der Waals surface area contributed by atoms with Gasteiger partial charge in [-0.2, -0.15) is 0 Å². The number of pyridine rings is 1. The Morgan fingerprint density at radius 3 is 2.35 bits per heavy atom. The smallest absolute Gasteiger partial charge is 0.255 e. The molecular weight excluding hydrogens is 343 g/mol. The molecule has 2 unspecified atom stereocenters. The third-order valence-electron chi connectivity index (χ3n) is 4.43. The van der Waals surface area contributed by atoms with E-state index in [2.05, 4.69) is 4.98 Å². The standard InChI is InChI=1S/C20H17F3NO2/c1-11(2-7-19(25)12-3-5-13(21)6-4-12)16-10-24-20(26)15-9-18(23)17(22)8-14(15)16/h2-6,8-11,19,25H,7H2,1H3,(H,24,26). The van der Waals surface area contributed by atoms with Crippen LogP contribution < -0.4 is 5.56 Å². The first-order chi connectivity index (χ1) is 12.4. The minimum atomic E-state index is -1.08. The van der Waals surface area contributed by atoms with Crippen LogP contribution in [0.1, 0.15) is 36.5 Å². The number of aromatic nitrogens is 1. The fourth-order valence-corrected chi connectivity index (χ4v) is 2.93. The highest BCUT2D eigenvalue weighted by Gasteiger charge is 2.17. The van der Waals surface area contributed by atoms with E-state index in [-0.39, 0.29) is 23.5 Å². The third kappa shape index (κ3) is 3.65. The highest BCUT2D eigenvalue weighted by Crippen LogP contribution is 2.30. The fraction of sp³-hybridized carbons (Fsp3) is 0.200. The molecule has 1 heterocycles. The van der Waals surface area contributed by atoms with Gasteiger partial charge in [-0.1, -0.05) is 19.1 Å². The van der Waals surface area contributed by atoms with Crippen LogP contribution in [0, 0.1) is 23.9 Å². The summed E-state index contributed by atoms with van der Waals surface area (Å²) in [6, 6.07) is 7.45. The number of benzene rings is 2. The molecule has 3 nitrogen and oxygen atoms in total. The minimum absolute atomic E-state index is 0.0701. The van der Waals surface area contributed by atoms with Crippen LogP contribution in [0.2, 0.25) is 0 Å². The summed E-state index contributed by atoms with van der Waals surface area (Å²) in [7, 11) is 0. The van der Waals surface area contributed by atoms with E-state index < -0.39 is 23.3 Å². The number of aliphatic hydroxyl groups is 1. The fourth-order valence-electron chi connectivity index (χ4n) is 2.93. The van der Waals surface area contributed by atoms with Gasteiger partial charge in [0.15, 0.2) is 11.6 Å². The van der Waals surface area contributed by atoms with Gasteiger partial charge < -0.3 is 10.1 Å². The molecule has 0 spiro atoms. The van der Waals surface area contributed by atoms with Gasteiger partial charge in [0.05, 0.1) is 11.5 Å². The molecule has 3 rings (SSSR count). The maximum Gasteiger partial charge on any atom is 0.255 e. The normalized spacial score (nSPS) is 13.7. The number of rotatable bonds is 5. The molecule has 26 heavy (non-hydrogen) atoms. The number of aliphatic hydroxyl groups excluding tert-OH is 1. The first-order valence-corrected chi connectivity index (χ1v) is 8.14. The summed E-state index contributed by atoms with van der Waals surface area (Å²) in [5, 5.41) is 10.6. The van der Waals surface area contributed by atoms with Gasteiger partial charge in [0.25, 0.3) is 5.56 Å².